The second kappa shape index (κ2) is 9.20. The van der Waals surface area contributed by atoms with Gasteiger partial charge in [0.1, 0.15) is 0 Å². The van der Waals surface area contributed by atoms with E-state index in [4.69, 9.17) is 14.5 Å². The molecule has 5 nitrogen and oxygen atoms in total. The Bertz CT molecular complexity index is 537. The van der Waals surface area contributed by atoms with Crippen LogP contribution in [-0.4, -0.2) is 51.5 Å². The van der Waals surface area contributed by atoms with Crippen molar-refractivity contribution in [3.8, 4) is 0 Å². The van der Waals surface area contributed by atoms with Gasteiger partial charge in [0, 0.05) is 31.7 Å². The van der Waals surface area contributed by atoms with Crippen LogP contribution in [0.25, 0.3) is 0 Å². The summed E-state index contributed by atoms with van der Waals surface area (Å²) in [5.41, 5.74) is 1.68. The number of nitrogens with one attached hydrogen (secondary N) is 2. The number of benzene rings is 1. The van der Waals surface area contributed by atoms with Crippen LogP contribution < -0.4 is 10.6 Å². The van der Waals surface area contributed by atoms with Crippen molar-refractivity contribution in [2.75, 3.05) is 39.5 Å². The minimum absolute atomic E-state index is 0.259. The molecular formula is C20H31N3O2. The molecular weight excluding hydrogens is 314 g/mol. The summed E-state index contributed by atoms with van der Waals surface area (Å²) >= 11 is 0. The molecule has 2 fully saturated rings. The lowest BCUT2D eigenvalue weighted by atomic mass is 9.96. The standard InChI is InChI=1S/C20H31N3O2/c1-2-21-19(22-12-6-13-25-18-9-14-24-15-18)23-16-20(10-11-20)17-7-4-3-5-8-17/h3-5,7-8,18H,2,6,9-16H2,1H3,(H2,21,22,23). The molecule has 1 heterocycles. The van der Waals surface area contributed by atoms with Crippen molar-refractivity contribution in [2.24, 2.45) is 4.99 Å². The van der Waals surface area contributed by atoms with Crippen molar-refractivity contribution in [2.45, 2.75) is 44.1 Å². The zero-order valence-corrected chi connectivity index (χ0v) is 15.3. The lowest BCUT2D eigenvalue weighted by Gasteiger charge is -2.16. The number of guanidine groups is 1. The molecule has 1 unspecified atom stereocenters. The molecule has 1 saturated carbocycles. The van der Waals surface area contributed by atoms with Crippen LogP contribution in [0.1, 0.15) is 38.2 Å². The van der Waals surface area contributed by atoms with E-state index in [2.05, 4.69) is 47.9 Å². The van der Waals surface area contributed by atoms with E-state index in [0.29, 0.717) is 6.10 Å². The third-order valence-corrected chi connectivity index (χ3v) is 4.98. The molecule has 25 heavy (non-hydrogen) atoms. The van der Waals surface area contributed by atoms with Crippen molar-refractivity contribution in [3.05, 3.63) is 35.9 Å². The van der Waals surface area contributed by atoms with Crippen molar-refractivity contribution in [3.63, 3.8) is 0 Å². The predicted octanol–water partition coefficient (Wildman–Crippen LogP) is 2.47. The van der Waals surface area contributed by atoms with Crippen LogP contribution >= 0.6 is 0 Å². The van der Waals surface area contributed by atoms with Gasteiger partial charge in [-0.05, 0) is 38.2 Å². The van der Waals surface area contributed by atoms with Gasteiger partial charge in [-0.25, -0.2) is 0 Å². The van der Waals surface area contributed by atoms with Gasteiger partial charge in [0.25, 0.3) is 0 Å². The number of hydrogen-bond acceptors (Lipinski definition) is 3. The van der Waals surface area contributed by atoms with E-state index in [0.717, 1.165) is 58.3 Å². The van der Waals surface area contributed by atoms with Crippen molar-refractivity contribution in [1.29, 1.82) is 0 Å². The predicted molar refractivity (Wildman–Crippen MR) is 101 cm³/mol. The summed E-state index contributed by atoms with van der Waals surface area (Å²) in [4.78, 5) is 4.83. The Morgan fingerprint density at radius 2 is 2.12 bits per heavy atom. The van der Waals surface area contributed by atoms with E-state index >= 15 is 0 Å². The van der Waals surface area contributed by atoms with E-state index in [1.807, 2.05) is 0 Å². The molecule has 0 amide bonds. The van der Waals surface area contributed by atoms with Gasteiger partial charge in [-0.1, -0.05) is 30.3 Å². The smallest absolute Gasteiger partial charge is 0.191 e. The van der Waals surface area contributed by atoms with Crippen LogP contribution in [0.5, 0.6) is 0 Å². The highest BCUT2D eigenvalue weighted by atomic mass is 16.5. The van der Waals surface area contributed by atoms with Gasteiger partial charge in [0.15, 0.2) is 5.96 Å². The van der Waals surface area contributed by atoms with Crippen molar-refractivity contribution >= 4 is 5.96 Å². The zero-order valence-electron chi connectivity index (χ0n) is 15.3. The molecule has 2 N–H and O–H groups in total. The van der Waals surface area contributed by atoms with Gasteiger partial charge in [-0.3, -0.25) is 4.99 Å². The fourth-order valence-electron chi connectivity index (χ4n) is 3.23. The van der Waals surface area contributed by atoms with Gasteiger partial charge in [0.05, 0.1) is 19.3 Å². The molecule has 3 rings (SSSR count). The van der Waals surface area contributed by atoms with Crippen molar-refractivity contribution in [1.82, 2.24) is 10.6 Å². The minimum Gasteiger partial charge on any atom is -0.379 e. The maximum absolute atomic E-state index is 5.80. The molecule has 2 aliphatic rings. The Kier molecular flexibility index (Phi) is 6.70. The zero-order chi connectivity index (χ0) is 17.4. The molecule has 1 atom stereocenters. The maximum atomic E-state index is 5.80. The SMILES string of the molecule is CCNC(=NCC1(c2ccccc2)CC1)NCCCOC1CCOC1. The summed E-state index contributed by atoms with van der Waals surface area (Å²) in [6.45, 7) is 7.06. The van der Waals surface area contributed by atoms with Crippen LogP contribution in [0.3, 0.4) is 0 Å². The Labute approximate surface area is 151 Å². The molecule has 138 valence electrons. The summed E-state index contributed by atoms with van der Waals surface area (Å²) < 4.78 is 11.1. The Balaban J connectivity index is 1.41. The van der Waals surface area contributed by atoms with Crippen LogP contribution in [0.15, 0.2) is 35.3 Å². The molecule has 0 radical (unpaired) electrons. The summed E-state index contributed by atoms with van der Waals surface area (Å²) in [5.74, 6) is 0.911. The van der Waals surface area contributed by atoms with Crippen LogP contribution in [-0.2, 0) is 14.9 Å². The second-order valence-corrected chi connectivity index (χ2v) is 6.98. The molecule has 1 aromatic carbocycles. The number of hydrogen-bond donors (Lipinski definition) is 2. The summed E-state index contributed by atoms with van der Waals surface area (Å²) in [6, 6.07) is 10.8. The van der Waals surface area contributed by atoms with Gasteiger partial charge in [-0.15, -0.1) is 0 Å². The topological polar surface area (TPSA) is 54.9 Å². The Morgan fingerprint density at radius 1 is 1.28 bits per heavy atom. The van der Waals surface area contributed by atoms with Gasteiger partial charge >= 0.3 is 0 Å². The highest BCUT2D eigenvalue weighted by Crippen LogP contribution is 2.48. The first-order valence-corrected chi connectivity index (χ1v) is 9.59. The van der Waals surface area contributed by atoms with Gasteiger partial charge in [-0.2, -0.15) is 0 Å². The molecule has 1 aliphatic carbocycles. The number of aliphatic imine (C=N–C) groups is 1. The quantitative estimate of drug-likeness (QED) is 0.410. The van der Waals surface area contributed by atoms with Gasteiger partial charge < -0.3 is 20.1 Å². The number of rotatable bonds is 9. The van der Waals surface area contributed by atoms with E-state index < -0.39 is 0 Å². The first kappa shape index (κ1) is 18.2. The average Bonchev–Trinajstić information content (AvgIpc) is 3.27. The van der Waals surface area contributed by atoms with E-state index in [-0.39, 0.29) is 5.41 Å². The Hall–Kier alpha value is -1.59. The molecule has 1 aliphatic heterocycles. The Morgan fingerprint density at radius 3 is 2.80 bits per heavy atom. The first-order chi connectivity index (χ1) is 12.3. The summed E-state index contributed by atoms with van der Waals surface area (Å²) in [7, 11) is 0. The molecule has 0 aromatic heterocycles. The van der Waals surface area contributed by atoms with Crippen LogP contribution in [0, 0.1) is 0 Å². The maximum Gasteiger partial charge on any atom is 0.191 e. The molecule has 1 saturated heterocycles. The third kappa shape index (κ3) is 5.44. The lowest BCUT2D eigenvalue weighted by Crippen LogP contribution is -2.38. The molecule has 1 aromatic rings. The first-order valence-electron chi connectivity index (χ1n) is 9.59. The highest BCUT2D eigenvalue weighted by molar-refractivity contribution is 5.79. The fraction of sp³-hybridized carbons (Fsp3) is 0.650. The van der Waals surface area contributed by atoms with Crippen molar-refractivity contribution < 1.29 is 9.47 Å². The van der Waals surface area contributed by atoms with E-state index in [9.17, 15) is 0 Å². The van der Waals surface area contributed by atoms with E-state index in [1.165, 1.54) is 18.4 Å². The average molecular weight is 345 g/mol. The normalized spacial score (nSPS) is 22.0. The fourth-order valence-corrected chi connectivity index (χ4v) is 3.23. The minimum atomic E-state index is 0.259. The summed E-state index contributed by atoms with van der Waals surface area (Å²) in [5, 5.41) is 6.77. The molecule has 0 spiro atoms. The largest absolute Gasteiger partial charge is 0.379 e. The van der Waals surface area contributed by atoms with Crippen LogP contribution in [0.4, 0.5) is 0 Å². The molecule has 5 heteroatoms. The third-order valence-electron chi connectivity index (χ3n) is 4.98. The highest BCUT2D eigenvalue weighted by Gasteiger charge is 2.43. The van der Waals surface area contributed by atoms with Crippen LogP contribution in [0.2, 0.25) is 0 Å². The lowest BCUT2D eigenvalue weighted by molar-refractivity contribution is 0.0420. The van der Waals surface area contributed by atoms with Gasteiger partial charge in [0.2, 0.25) is 0 Å². The molecule has 0 bridgehead atoms. The number of ether oxygens (including phenoxy) is 2. The summed E-state index contributed by atoms with van der Waals surface area (Å²) in [6.07, 6.45) is 4.76. The van der Waals surface area contributed by atoms with E-state index in [1.54, 1.807) is 0 Å². The second-order valence-electron chi connectivity index (χ2n) is 6.98. The number of nitrogens with zero attached hydrogens (tertiary/aromatic N) is 1. The monoisotopic (exact) mass is 345 g/mol.